The van der Waals surface area contributed by atoms with Gasteiger partial charge < -0.3 is 15.2 Å². The Hall–Kier alpha value is -2.40. The molecule has 5 nitrogen and oxygen atoms in total. The molecule has 1 aliphatic rings. The smallest absolute Gasteiger partial charge is 0.223 e. The minimum atomic E-state index is -0.790. The van der Waals surface area contributed by atoms with Crippen LogP contribution in [-0.2, 0) is 11.3 Å². The molecule has 0 radical (unpaired) electrons. The van der Waals surface area contributed by atoms with Gasteiger partial charge in [0.2, 0.25) is 11.8 Å². The van der Waals surface area contributed by atoms with Crippen LogP contribution in [0.2, 0.25) is 0 Å². The van der Waals surface area contributed by atoms with Gasteiger partial charge in [-0.2, -0.15) is 0 Å². The first-order valence-electron chi connectivity index (χ1n) is 8.82. The SMILES string of the molecule is O=C(CC(O)c1ccccc1)NCc1ccc(OC2CCCC2)nc1. The Morgan fingerprint density at radius 3 is 2.64 bits per heavy atom. The lowest BCUT2D eigenvalue weighted by Gasteiger charge is -2.13. The number of rotatable bonds is 7. The van der Waals surface area contributed by atoms with Crippen molar-refractivity contribution in [1.82, 2.24) is 10.3 Å². The maximum atomic E-state index is 12.0. The van der Waals surface area contributed by atoms with Crippen molar-refractivity contribution in [2.24, 2.45) is 0 Å². The van der Waals surface area contributed by atoms with Gasteiger partial charge in [0.15, 0.2) is 0 Å². The van der Waals surface area contributed by atoms with Crippen LogP contribution in [0.15, 0.2) is 48.7 Å². The molecule has 3 rings (SSSR count). The van der Waals surface area contributed by atoms with Gasteiger partial charge in [-0.05, 0) is 36.8 Å². The van der Waals surface area contributed by atoms with Crippen molar-refractivity contribution in [1.29, 1.82) is 0 Å². The van der Waals surface area contributed by atoms with Crippen LogP contribution in [0.1, 0.15) is 49.3 Å². The lowest BCUT2D eigenvalue weighted by atomic mass is 10.1. The van der Waals surface area contributed by atoms with Gasteiger partial charge >= 0.3 is 0 Å². The molecule has 2 aromatic rings. The predicted octanol–water partition coefficient (Wildman–Crippen LogP) is 3.14. The fraction of sp³-hybridized carbons (Fsp3) is 0.400. The van der Waals surface area contributed by atoms with Gasteiger partial charge in [0.1, 0.15) is 6.10 Å². The highest BCUT2D eigenvalue weighted by Crippen LogP contribution is 2.23. The summed E-state index contributed by atoms with van der Waals surface area (Å²) < 4.78 is 5.83. The molecule has 2 N–H and O–H groups in total. The normalized spacial score (nSPS) is 15.7. The number of hydrogen-bond donors (Lipinski definition) is 2. The summed E-state index contributed by atoms with van der Waals surface area (Å²) in [6.45, 7) is 0.386. The van der Waals surface area contributed by atoms with Crippen LogP contribution < -0.4 is 10.1 Å². The van der Waals surface area contributed by atoms with Crippen LogP contribution in [0, 0.1) is 0 Å². The molecule has 0 saturated heterocycles. The zero-order valence-electron chi connectivity index (χ0n) is 14.2. The van der Waals surface area contributed by atoms with Crippen molar-refractivity contribution < 1.29 is 14.6 Å². The molecule has 1 unspecified atom stereocenters. The number of nitrogens with one attached hydrogen (secondary N) is 1. The summed E-state index contributed by atoms with van der Waals surface area (Å²) in [6.07, 6.45) is 5.91. The van der Waals surface area contributed by atoms with E-state index in [2.05, 4.69) is 10.3 Å². The second kappa shape index (κ2) is 8.62. The average Bonchev–Trinajstić information content (AvgIpc) is 3.15. The van der Waals surface area contributed by atoms with E-state index < -0.39 is 6.10 Å². The highest BCUT2D eigenvalue weighted by Gasteiger charge is 2.17. The fourth-order valence-corrected chi connectivity index (χ4v) is 3.00. The Kier molecular flexibility index (Phi) is 6.01. The van der Waals surface area contributed by atoms with Crippen molar-refractivity contribution in [2.75, 3.05) is 0 Å². The number of pyridine rings is 1. The molecule has 0 bridgehead atoms. The third kappa shape index (κ3) is 5.29. The Balaban J connectivity index is 1.43. The van der Waals surface area contributed by atoms with E-state index in [0.29, 0.717) is 12.4 Å². The first kappa shape index (κ1) is 17.4. The molecule has 1 aliphatic carbocycles. The summed E-state index contributed by atoms with van der Waals surface area (Å²) in [5.41, 5.74) is 1.65. The Labute approximate surface area is 148 Å². The first-order chi connectivity index (χ1) is 12.2. The summed E-state index contributed by atoms with van der Waals surface area (Å²) in [4.78, 5) is 16.3. The lowest BCUT2D eigenvalue weighted by Crippen LogP contribution is -2.24. The van der Waals surface area contributed by atoms with Gasteiger partial charge in [-0.1, -0.05) is 36.4 Å². The largest absolute Gasteiger partial charge is 0.474 e. The van der Waals surface area contributed by atoms with Crippen molar-refractivity contribution >= 4 is 5.91 Å². The molecule has 0 aliphatic heterocycles. The molecular weight excluding hydrogens is 316 g/mol. The number of aliphatic hydroxyl groups is 1. The van der Waals surface area contributed by atoms with Gasteiger partial charge in [0.05, 0.1) is 12.5 Å². The van der Waals surface area contributed by atoms with E-state index in [1.165, 1.54) is 12.8 Å². The Morgan fingerprint density at radius 1 is 1.20 bits per heavy atom. The number of benzene rings is 1. The molecule has 1 heterocycles. The summed E-state index contributed by atoms with van der Waals surface area (Å²) in [5.74, 6) is 0.448. The quantitative estimate of drug-likeness (QED) is 0.812. The van der Waals surface area contributed by atoms with Gasteiger partial charge in [0, 0.05) is 18.8 Å². The molecule has 1 aromatic heterocycles. The number of aliphatic hydroxyl groups excluding tert-OH is 1. The Bertz CT molecular complexity index is 667. The number of ether oxygens (including phenoxy) is 1. The molecule has 1 amide bonds. The van der Waals surface area contributed by atoms with E-state index in [1.807, 2.05) is 42.5 Å². The third-order valence-electron chi connectivity index (χ3n) is 4.44. The number of amides is 1. The maximum absolute atomic E-state index is 12.0. The molecule has 1 atom stereocenters. The van der Waals surface area contributed by atoms with Gasteiger partial charge in [-0.3, -0.25) is 4.79 Å². The van der Waals surface area contributed by atoms with Crippen molar-refractivity contribution in [3.05, 3.63) is 59.8 Å². The molecule has 1 aromatic carbocycles. The highest BCUT2D eigenvalue weighted by atomic mass is 16.5. The molecule has 0 spiro atoms. The number of carbonyl (C=O) groups is 1. The summed E-state index contributed by atoms with van der Waals surface area (Å²) in [6, 6.07) is 12.9. The van der Waals surface area contributed by atoms with Crippen LogP contribution in [0.25, 0.3) is 0 Å². The van der Waals surface area contributed by atoms with Crippen molar-refractivity contribution in [2.45, 2.75) is 50.9 Å². The van der Waals surface area contributed by atoms with E-state index in [4.69, 9.17) is 4.74 Å². The molecule has 1 saturated carbocycles. The van der Waals surface area contributed by atoms with E-state index in [0.717, 1.165) is 24.0 Å². The first-order valence-corrected chi connectivity index (χ1v) is 8.82. The van der Waals surface area contributed by atoms with Gasteiger partial charge in [-0.25, -0.2) is 4.98 Å². The summed E-state index contributed by atoms with van der Waals surface area (Å²) in [7, 11) is 0. The number of aromatic nitrogens is 1. The third-order valence-corrected chi connectivity index (χ3v) is 4.44. The number of hydrogen-bond acceptors (Lipinski definition) is 4. The molecule has 5 heteroatoms. The second-order valence-corrected chi connectivity index (χ2v) is 6.44. The lowest BCUT2D eigenvalue weighted by molar-refractivity contribution is -0.123. The summed E-state index contributed by atoms with van der Waals surface area (Å²) in [5, 5.41) is 12.9. The maximum Gasteiger partial charge on any atom is 0.223 e. The predicted molar refractivity (Wildman–Crippen MR) is 95.0 cm³/mol. The minimum absolute atomic E-state index is 0.0420. The number of nitrogens with zero attached hydrogens (tertiary/aromatic N) is 1. The number of carbonyl (C=O) groups excluding carboxylic acids is 1. The minimum Gasteiger partial charge on any atom is -0.474 e. The molecular formula is C20H24N2O3. The van der Waals surface area contributed by atoms with E-state index in [9.17, 15) is 9.90 Å². The zero-order valence-corrected chi connectivity index (χ0v) is 14.2. The Morgan fingerprint density at radius 2 is 1.96 bits per heavy atom. The molecule has 132 valence electrons. The average molecular weight is 340 g/mol. The van der Waals surface area contributed by atoms with Crippen LogP contribution in [0.5, 0.6) is 5.88 Å². The van der Waals surface area contributed by atoms with Gasteiger partial charge in [-0.15, -0.1) is 0 Å². The topological polar surface area (TPSA) is 71.5 Å². The van der Waals surface area contributed by atoms with E-state index >= 15 is 0 Å². The van der Waals surface area contributed by atoms with E-state index in [1.54, 1.807) is 6.20 Å². The molecule has 25 heavy (non-hydrogen) atoms. The monoisotopic (exact) mass is 340 g/mol. The highest BCUT2D eigenvalue weighted by molar-refractivity contribution is 5.76. The fourth-order valence-electron chi connectivity index (χ4n) is 3.00. The van der Waals surface area contributed by atoms with Crippen LogP contribution in [0.3, 0.4) is 0 Å². The van der Waals surface area contributed by atoms with E-state index in [-0.39, 0.29) is 18.4 Å². The summed E-state index contributed by atoms with van der Waals surface area (Å²) >= 11 is 0. The van der Waals surface area contributed by atoms with Crippen LogP contribution in [-0.4, -0.2) is 22.1 Å². The van der Waals surface area contributed by atoms with Gasteiger partial charge in [0.25, 0.3) is 0 Å². The second-order valence-electron chi connectivity index (χ2n) is 6.44. The molecule has 1 fully saturated rings. The van der Waals surface area contributed by atoms with Crippen LogP contribution >= 0.6 is 0 Å². The van der Waals surface area contributed by atoms with Crippen molar-refractivity contribution in [3.8, 4) is 5.88 Å². The zero-order chi connectivity index (χ0) is 17.5. The van der Waals surface area contributed by atoms with Crippen molar-refractivity contribution in [3.63, 3.8) is 0 Å². The standard InChI is InChI=1S/C20H24N2O3/c23-18(16-6-2-1-3-7-16)12-19(24)21-13-15-10-11-20(22-14-15)25-17-8-4-5-9-17/h1-3,6-7,10-11,14,17-18,23H,4-5,8-9,12-13H2,(H,21,24). The van der Waals surface area contributed by atoms with Crippen LogP contribution in [0.4, 0.5) is 0 Å².